The number of aromatic amines is 1. The lowest BCUT2D eigenvalue weighted by Crippen LogP contribution is -1.98. The third-order valence-electron chi connectivity index (χ3n) is 2.49. The van der Waals surface area contributed by atoms with Crippen LogP contribution in [-0.2, 0) is 0 Å². The number of carbonyl (C=O) groups is 1. The number of para-hydroxylation sites is 1. The Kier molecular flexibility index (Phi) is 2.67. The van der Waals surface area contributed by atoms with E-state index in [4.69, 9.17) is 16.9 Å². The van der Waals surface area contributed by atoms with Crippen LogP contribution in [-0.4, -0.2) is 10.8 Å². The molecule has 0 fully saturated rings. The number of halogens is 1. The molecule has 1 heterocycles. The number of aryl methyl sites for hydroxylation is 1. The van der Waals surface area contributed by atoms with Gasteiger partial charge in [-0.1, -0.05) is 23.7 Å². The zero-order chi connectivity index (χ0) is 11.7. The second-order valence-electron chi connectivity index (χ2n) is 3.55. The van der Waals surface area contributed by atoms with Gasteiger partial charge in [-0.15, -0.1) is 0 Å². The van der Waals surface area contributed by atoms with Crippen LogP contribution in [0.1, 0.15) is 22.5 Å². The second kappa shape index (κ2) is 3.99. The first-order chi connectivity index (χ1) is 7.65. The van der Waals surface area contributed by atoms with Crippen LogP contribution in [0.2, 0.25) is 5.02 Å². The summed E-state index contributed by atoms with van der Waals surface area (Å²) in [6.07, 6.45) is -0.111. The van der Waals surface area contributed by atoms with Crippen LogP contribution in [0.25, 0.3) is 10.9 Å². The van der Waals surface area contributed by atoms with E-state index in [0.717, 1.165) is 16.6 Å². The molecule has 16 heavy (non-hydrogen) atoms. The van der Waals surface area contributed by atoms with E-state index in [9.17, 15) is 4.79 Å². The standard InChI is InChI=1S/C12H9ClN2O/c1-7-11(10(16)5-6-14)8-3-2-4-9(13)12(8)15-7/h2-4,15H,5H2,1H3. The molecule has 0 radical (unpaired) electrons. The normalized spacial score (nSPS) is 10.3. The number of rotatable bonds is 2. The van der Waals surface area contributed by atoms with Gasteiger partial charge in [-0.3, -0.25) is 4.79 Å². The van der Waals surface area contributed by atoms with Crippen LogP contribution in [0, 0.1) is 18.3 Å². The first-order valence-corrected chi connectivity index (χ1v) is 5.20. The summed E-state index contributed by atoms with van der Waals surface area (Å²) in [6, 6.07) is 7.25. The number of benzene rings is 1. The lowest BCUT2D eigenvalue weighted by molar-refractivity contribution is 0.0999. The summed E-state index contributed by atoms with van der Waals surface area (Å²) < 4.78 is 0. The van der Waals surface area contributed by atoms with Crippen LogP contribution < -0.4 is 0 Å². The highest BCUT2D eigenvalue weighted by molar-refractivity contribution is 6.35. The van der Waals surface area contributed by atoms with Crippen molar-refractivity contribution in [3.05, 3.63) is 34.5 Å². The molecule has 0 bridgehead atoms. The number of nitrogens with zero attached hydrogens (tertiary/aromatic N) is 1. The number of Topliss-reactive ketones (excluding diaryl/α,β-unsaturated/α-hetero) is 1. The molecule has 0 saturated heterocycles. The molecule has 2 aromatic rings. The highest BCUT2D eigenvalue weighted by Crippen LogP contribution is 2.28. The van der Waals surface area contributed by atoms with Gasteiger partial charge in [-0.05, 0) is 13.0 Å². The van der Waals surface area contributed by atoms with Gasteiger partial charge in [-0.2, -0.15) is 5.26 Å². The van der Waals surface area contributed by atoms with Crippen molar-refractivity contribution in [3.63, 3.8) is 0 Å². The Morgan fingerprint density at radius 3 is 3.00 bits per heavy atom. The van der Waals surface area contributed by atoms with Crippen molar-refractivity contribution in [3.8, 4) is 6.07 Å². The summed E-state index contributed by atoms with van der Waals surface area (Å²) in [5, 5.41) is 9.91. The van der Waals surface area contributed by atoms with E-state index in [2.05, 4.69) is 4.98 Å². The summed E-state index contributed by atoms with van der Waals surface area (Å²) >= 11 is 6.02. The Bertz CT molecular complexity index is 607. The number of hydrogen-bond acceptors (Lipinski definition) is 2. The van der Waals surface area contributed by atoms with Crippen molar-refractivity contribution in [2.24, 2.45) is 0 Å². The molecule has 0 aliphatic carbocycles. The maximum Gasteiger partial charge on any atom is 0.179 e. The lowest BCUT2D eigenvalue weighted by atomic mass is 10.1. The van der Waals surface area contributed by atoms with Crippen molar-refractivity contribution in [1.82, 2.24) is 4.98 Å². The minimum Gasteiger partial charge on any atom is -0.357 e. The molecule has 0 amide bonds. The Morgan fingerprint density at radius 1 is 1.56 bits per heavy atom. The molecule has 1 aromatic carbocycles. The number of nitriles is 1. The lowest BCUT2D eigenvalue weighted by Gasteiger charge is -1.96. The summed E-state index contributed by atoms with van der Waals surface area (Å²) in [6.45, 7) is 1.81. The van der Waals surface area contributed by atoms with Gasteiger partial charge < -0.3 is 4.98 Å². The molecule has 0 atom stereocenters. The van der Waals surface area contributed by atoms with E-state index in [0.29, 0.717) is 10.6 Å². The van der Waals surface area contributed by atoms with Crippen LogP contribution in [0.3, 0.4) is 0 Å². The highest BCUT2D eigenvalue weighted by atomic mass is 35.5. The predicted octanol–water partition coefficient (Wildman–Crippen LogP) is 3.23. The summed E-state index contributed by atoms with van der Waals surface area (Å²) in [5.41, 5.74) is 2.07. The molecule has 0 unspecified atom stereocenters. The van der Waals surface area contributed by atoms with E-state index < -0.39 is 0 Å². The van der Waals surface area contributed by atoms with Gasteiger partial charge in [0.2, 0.25) is 0 Å². The summed E-state index contributed by atoms with van der Waals surface area (Å²) in [5.74, 6) is -0.173. The van der Waals surface area contributed by atoms with E-state index in [1.54, 1.807) is 19.1 Å². The van der Waals surface area contributed by atoms with Crippen molar-refractivity contribution in [1.29, 1.82) is 5.26 Å². The van der Waals surface area contributed by atoms with Gasteiger partial charge in [0.05, 0.1) is 23.0 Å². The smallest absolute Gasteiger partial charge is 0.179 e. The number of ketones is 1. The Hall–Kier alpha value is -1.79. The highest BCUT2D eigenvalue weighted by Gasteiger charge is 2.16. The fourth-order valence-corrected chi connectivity index (χ4v) is 2.05. The van der Waals surface area contributed by atoms with Gasteiger partial charge in [0.1, 0.15) is 0 Å². The molecule has 0 spiro atoms. The molecular formula is C12H9ClN2O. The molecule has 80 valence electrons. The largest absolute Gasteiger partial charge is 0.357 e. The Morgan fingerprint density at radius 2 is 2.31 bits per heavy atom. The topological polar surface area (TPSA) is 56.6 Å². The SMILES string of the molecule is Cc1[nH]c2c(Cl)cccc2c1C(=O)CC#N. The minimum atomic E-state index is -0.173. The van der Waals surface area contributed by atoms with E-state index in [1.807, 2.05) is 12.1 Å². The first kappa shape index (κ1) is 10.7. The number of hydrogen-bond donors (Lipinski definition) is 1. The number of H-pyrrole nitrogens is 1. The van der Waals surface area contributed by atoms with Crippen LogP contribution in [0.5, 0.6) is 0 Å². The maximum absolute atomic E-state index is 11.8. The average Bonchev–Trinajstić information content (AvgIpc) is 2.56. The van der Waals surface area contributed by atoms with Crippen LogP contribution in [0.15, 0.2) is 18.2 Å². The minimum absolute atomic E-state index is 0.111. The maximum atomic E-state index is 11.8. The van der Waals surface area contributed by atoms with E-state index in [1.165, 1.54) is 0 Å². The zero-order valence-electron chi connectivity index (χ0n) is 8.67. The number of aromatic nitrogens is 1. The van der Waals surface area contributed by atoms with Crippen LogP contribution in [0.4, 0.5) is 0 Å². The Balaban J connectivity index is 2.71. The van der Waals surface area contributed by atoms with Crippen molar-refractivity contribution in [2.45, 2.75) is 13.3 Å². The fraction of sp³-hybridized carbons (Fsp3) is 0.167. The summed E-state index contributed by atoms with van der Waals surface area (Å²) in [4.78, 5) is 14.8. The molecule has 0 aliphatic heterocycles. The van der Waals surface area contributed by atoms with Crippen molar-refractivity contribution in [2.75, 3.05) is 0 Å². The van der Waals surface area contributed by atoms with Gasteiger partial charge in [-0.25, -0.2) is 0 Å². The molecule has 1 N–H and O–H groups in total. The van der Waals surface area contributed by atoms with Gasteiger partial charge >= 0.3 is 0 Å². The van der Waals surface area contributed by atoms with E-state index >= 15 is 0 Å². The molecule has 2 rings (SSSR count). The molecule has 3 nitrogen and oxygen atoms in total. The predicted molar refractivity (Wildman–Crippen MR) is 62.6 cm³/mol. The second-order valence-corrected chi connectivity index (χ2v) is 3.95. The van der Waals surface area contributed by atoms with Crippen molar-refractivity contribution < 1.29 is 4.79 Å². The number of nitrogens with one attached hydrogen (secondary N) is 1. The quantitative estimate of drug-likeness (QED) is 0.809. The third-order valence-corrected chi connectivity index (χ3v) is 2.80. The summed E-state index contributed by atoms with van der Waals surface area (Å²) in [7, 11) is 0. The molecule has 1 aromatic heterocycles. The average molecular weight is 233 g/mol. The van der Waals surface area contributed by atoms with Crippen LogP contribution >= 0.6 is 11.6 Å². The molecular weight excluding hydrogens is 224 g/mol. The van der Waals surface area contributed by atoms with Gasteiger partial charge in [0.15, 0.2) is 5.78 Å². The Labute approximate surface area is 97.6 Å². The zero-order valence-corrected chi connectivity index (χ0v) is 9.43. The third kappa shape index (κ3) is 1.58. The fourth-order valence-electron chi connectivity index (χ4n) is 1.83. The molecule has 0 saturated carbocycles. The monoisotopic (exact) mass is 232 g/mol. The molecule has 0 aliphatic rings. The number of carbonyl (C=O) groups excluding carboxylic acids is 1. The van der Waals surface area contributed by atoms with Gasteiger partial charge in [0.25, 0.3) is 0 Å². The molecule has 4 heteroatoms. The van der Waals surface area contributed by atoms with Gasteiger partial charge in [0, 0.05) is 16.6 Å². The first-order valence-electron chi connectivity index (χ1n) is 4.82. The van der Waals surface area contributed by atoms with E-state index in [-0.39, 0.29) is 12.2 Å². The van der Waals surface area contributed by atoms with Crippen molar-refractivity contribution >= 4 is 28.3 Å². The number of fused-ring (bicyclic) bond motifs is 1.